The summed E-state index contributed by atoms with van der Waals surface area (Å²) in [6.45, 7) is 5.31. The molecule has 0 bridgehead atoms. The number of hydrogen-bond donors (Lipinski definition) is 2. The zero-order chi connectivity index (χ0) is 21.8. The first-order valence-electron chi connectivity index (χ1n) is 10.9. The van der Waals surface area contributed by atoms with Gasteiger partial charge in [0, 0.05) is 51.0 Å². The maximum Gasteiger partial charge on any atom is 0.191 e. The molecule has 7 nitrogen and oxygen atoms in total. The molecule has 0 heterocycles. The largest absolute Gasteiger partial charge is 0.496 e. The van der Waals surface area contributed by atoms with Crippen molar-refractivity contribution in [3.63, 3.8) is 0 Å². The van der Waals surface area contributed by atoms with Crippen LogP contribution in [-0.4, -0.2) is 60.6 Å². The van der Waals surface area contributed by atoms with Gasteiger partial charge in [-0.05, 0) is 38.0 Å². The number of rotatable bonds is 12. The quantitative estimate of drug-likeness (QED) is 0.178. The summed E-state index contributed by atoms with van der Waals surface area (Å²) in [4.78, 5) is 4.40. The summed E-state index contributed by atoms with van der Waals surface area (Å²) in [5.74, 6) is 3.06. The lowest BCUT2D eigenvalue weighted by Crippen LogP contribution is -2.44. The summed E-state index contributed by atoms with van der Waals surface area (Å²) >= 11 is 0. The molecular weight excluding hydrogens is 509 g/mol. The van der Waals surface area contributed by atoms with Crippen LogP contribution >= 0.6 is 24.0 Å². The van der Waals surface area contributed by atoms with Crippen LogP contribution in [0.1, 0.15) is 44.6 Å². The second-order valence-electron chi connectivity index (χ2n) is 7.77. The Balaban J connectivity index is 0.00000480. The van der Waals surface area contributed by atoms with Gasteiger partial charge in [-0.1, -0.05) is 12.8 Å². The molecule has 0 aromatic heterocycles. The number of halogens is 1. The number of nitrogens with one attached hydrogen (secondary N) is 2. The lowest BCUT2D eigenvalue weighted by molar-refractivity contribution is 0.105. The summed E-state index contributed by atoms with van der Waals surface area (Å²) in [6.07, 6.45) is 6.96. The van der Waals surface area contributed by atoms with Crippen LogP contribution in [0.2, 0.25) is 0 Å². The van der Waals surface area contributed by atoms with E-state index in [1.165, 1.54) is 25.7 Å². The van der Waals surface area contributed by atoms with Crippen molar-refractivity contribution in [3.8, 4) is 17.2 Å². The number of hydrogen-bond acceptors (Lipinski definition) is 5. The maximum atomic E-state index is 5.62. The molecule has 1 aromatic rings. The van der Waals surface area contributed by atoms with Crippen molar-refractivity contribution in [2.45, 2.75) is 45.4 Å². The number of methoxy groups -OCH3 is 3. The minimum atomic E-state index is 0. The second-order valence-corrected chi connectivity index (χ2v) is 7.77. The van der Waals surface area contributed by atoms with Crippen molar-refractivity contribution < 1.29 is 18.9 Å². The molecule has 178 valence electrons. The third kappa shape index (κ3) is 8.21. The highest BCUT2D eigenvalue weighted by atomic mass is 127. The lowest BCUT2D eigenvalue weighted by Gasteiger charge is -2.30. The van der Waals surface area contributed by atoms with Crippen molar-refractivity contribution in [2.75, 3.05) is 54.7 Å². The highest BCUT2D eigenvalue weighted by molar-refractivity contribution is 14.0. The SMILES string of the molecule is CCOCCC1(CNC(=NC)NCCc2c(OC)cc(OC)cc2OC)CCCC1.I. The van der Waals surface area contributed by atoms with Crippen molar-refractivity contribution >= 4 is 29.9 Å². The maximum absolute atomic E-state index is 5.62. The van der Waals surface area contributed by atoms with Crippen LogP contribution < -0.4 is 24.8 Å². The molecule has 0 aliphatic heterocycles. The van der Waals surface area contributed by atoms with Crippen molar-refractivity contribution in [1.29, 1.82) is 0 Å². The molecule has 0 spiro atoms. The Hall–Kier alpha value is -1.42. The molecule has 1 aromatic carbocycles. The third-order valence-electron chi connectivity index (χ3n) is 5.98. The Morgan fingerprint density at radius 1 is 1.03 bits per heavy atom. The molecule has 0 unspecified atom stereocenters. The average molecular weight is 549 g/mol. The fraction of sp³-hybridized carbons (Fsp3) is 0.696. The predicted octanol–water partition coefficient (Wildman–Crippen LogP) is 4.02. The number of ether oxygens (including phenoxy) is 4. The van der Waals surface area contributed by atoms with Crippen LogP contribution in [0.5, 0.6) is 17.2 Å². The molecule has 1 saturated carbocycles. The van der Waals surface area contributed by atoms with E-state index in [0.717, 1.165) is 55.6 Å². The van der Waals surface area contributed by atoms with Crippen molar-refractivity contribution in [1.82, 2.24) is 10.6 Å². The number of nitrogens with zero attached hydrogens (tertiary/aromatic N) is 1. The van der Waals surface area contributed by atoms with Gasteiger partial charge in [0.2, 0.25) is 0 Å². The summed E-state index contributed by atoms with van der Waals surface area (Å²) < 4.78 is 22.0. The van der Waals surface area contributed by atoms with E-state index in [0.29, 0.717) is 17.7 Å². The molecule has 0 saturated heterocycles. The summed E-state index contributed by atoms with van der Waals surface area (Å²) in [5.41, 5.74) is 1.32. The standard InChI is InChI=1S/C23H39N3O4.HI/c1-6-30-14-12-23(10-7-8-11-23)17-26-22(24-2)25-13-9-19-20(28-4)15-18(27-3)16-21(19)29-5;/h15-16H,6-14,17H2,1-5H3,(H2,24,25,26);1H. The van der Waals surface area contributed by atoms with Gasteiger partial charge in [-0.25, -0.2) is 0 Å². The third-order valence-corrected chi connectivity index (χ3v) is 5.98. The summed E-state index contributed by atoms with van der Waals surface area (Å²) in [6, 6.07) is 3.76. The van der Waals surface area contributed by atoms with Crippen LogP contribution in [0, 0.1) is 5.41 Å². The number of guanidine groups is 1. The van der Waals surface area contributed by atoms with E-state index < -0.39 is 0 Å². The van der Waals surface area contributed by atoms with Gasteiger partial charge in [0.05, 0.1) is 21.3 Å². The smallest absolute Gasteiger partial charge is 0.191 e. The molecule has 0 radical (unpaired) electrons. The minimum absolute atomic E-state index is 0. The predicted molar refractivity (Wildman–Crippen MR) is 137 cm³/mol. The average Bonchev–Trinajstić information content (AvgIpc) is 3.24. The molecular formula is C23H40IN3O4. The Kier molecular flexibility index (Phi) is 13.0. The highest BCUT2D eigenvalue weighted by Gasteiger charge is 2.33. The van der Waals surface area contributed by atoms with E-state index in [9.17, 15) is 0 Å². The van der Waals surface area contributed by atoms with E-state index in [1.54, 1.807) is 21.3 Å². The topological polar surface area (TPSA) is 73.3 Å². The molecule has 1 aliphatic carbocycles. The fourth-order valence-electron chi connectivity index (χ4n) is 4.20. The Labute approximate surface area is 204 Å². The van der Waals surface area contributed by atoms with Crippen LogP contribution in [0.4, 0.5) is 0 Å². The molecule has 31 heavy (non-hydrogen) atoms. The zero-order valence-electron chi connectivity index (χ0n) is 19.7. The molecule has 2 N–H and O–H groups in total. The number of aliphatic imine (C=N–C) groups is 1. The van der Waals surface area contributed by atoms with Crippen LogP contribution in [0.3, 0.4) is 0 Å². The van der Waals surface area contributed by atoms with Gasteiger partial charge < -0.3 is 29.6 Å². The Morgan fingerprint density at radius 2 is 1.68 bits per heavy atom. The van der Waals surface area contributed by atoms with E-state index in [-0.39, 0.29) is 24.0 Å². The van der Waals surface area contributed by atoms with E-state index in [4.69, 9.17) is 18.9 Å². The van der Waals surface area contributed by atoms with Crippen molar-refractivity contribution in [3.05, 3.63) is 17.7 Å². The van der Waals surface area contributed by atoms with Gasteiger partial charge >= 0.3 is 0 Å². The van der Waals surface area contributed by atoms with Gasteiger partial charge in [-0.15, -0.1) is 24.0 Å². The normalized spacial score (nSPS) is 15.2. The lowest BCUT2D eigenvalue weighted by atomic mass is 9.83. The van der Waals surface area contributed by atoms with Crippen LogP contribution in [0.15, 0.2) is 17.1 Å². The first-order chi connectivity index (χ1) is 14.6. The second kappa shape index (κ2) is 14.6. The molecule has 0 atom stereocenters. The van der Waals surface area contributed by atoms with Gasteiger partial charge in [-0.3, -0.25) is 4.99 Å². The Bertz CT molecular complexity index is 654. The molecule has 8 heteroatoms. The summed E-state index contributed by atoms with van der Waals surface area (Å²) in [5, 5.41) is 6.96. The van der Waals surface area contributed by atoms with Gasteiger partial charge in [0.15, 0.2) is 5.96 Å². The van der Waals surface area contributed by atoms with Crippen LogP contribution in [0.25, 0.3) is 0 Å². The van der Waals surface area contributed by atoms with E-state index >= 15 is 0 Å². The zero-order valence-corrected chi connectivity index (χ0v) is 22.0. The first-order valence-corrected chi connectivity index (χ1v) is 10.9. The van der Waals surface area contributed by atoms with Gasteiger partial charge in [0.1, 0.15) is 17.2 Å². The van der Waals surface area contributed by atoms with Crippen molar-refractivity contribution in [2.24, 2.45) is 10.4 Å². The molecule has 1 fully saturated rings. The van der Waals surface area contributed by atoms with E-state index in [2.05, 4.69) is 22.5 Å². The first kappa shape index (κ1) is 27.6. The highest BCUT2D eigenvalue weighted by Crippen LogP contribution is 2.40. The van der Waals surface area contributed by atoms with Gasteiger partial charge in [0.25, 0.3) is 0 Å². The van der Waals surface area contributed by atoms with Gasteiger partial charge in [-0.2, -0.15) is 0 Å². The number of benzene rings is 1. The molecule has 1 aliphatic rings. The monoisotopic (exact) mass is 549 g/mol. The fourth-order valence-corrected chi connectivity index (χ4v) is 4.20. The van der Waals surface area contributed by atoms with E-state index in [1.807, 2.05) is 19.2 Å². The molecule has 2 rings (SSSR count). The van der Waals surface area contributed by atoms with Crippen LogP contribution in [-0.2, 0) is 11.2 Å². The minimum Gasteiger partial charge on any atom is -0.496 e. The summed E-state index contributed by atoms with van der Waals surface area (Å²) in [7, 11) is 6.77. The molecule has 0 amide bonds. The Morgan fingerprint density at radius 3 is 2.19 bits per heavy atom.